The molecule has 0 aliphatic carbocycles. The van der Waals surface area contributed by atoms with Gasteiger partial charge in [-0.25, -0.2) is 22.8 Å². The summed E-state index contributed by atoms with van der Waals surface area (Å²) in [6.45, 7) is 0. The highest BCUT2D eigenvalue weighted by Crippen LogP contribution is 2.29. The number of anilines is 1. The highest BCUT2D eigenvalue weighted by Gasteiger charge is 2.20. The quantitative estimate of drug-likeness (QED) is 0.447. The standard InChI is InChI=1S/C17H10Cl2FN5O2S.ClH/c18-10-2-3-11(19)16(6-10)28(26,27)25-13-4-1-9(5-12(13)20)14-7-21-15-8-22-24-17(15)23-14;/h1-8,25H,(H,22,23,24);1H. The predicted octanol–water partition coefficient (Wildman–Crippen LogP) is 4.69. The monoisotopic (exact) mass is 473 g/mol. The summed E-state index contributed by atoms with van der Waals surface area (Å²) in [5, 5.41) is 6.67. The Morgan fingerprint density at radius 3 is 2.62 bits per heavy atom. The molecule has 0 radical (unpaired) electrons. The van der Waals surface area contributed by atoms with Gasteiger partial charge in [-0.15, -0.1) is 12.4 Å². The van der Waals surface area contributed by atoms with Gasteiger partial charge in [0.15, 0.2) is 5.65 Å². The molecule has 12 heteroatoms. The third-order valence-electron chi connectivity index (χ3n) is 3.85. The van der Waals surface area contributed by atoms with Gasteiger partial charge in [-0.05, 0) is 30.3 Å². The molecule has 0 bridgehead atoms. The van der Waals surface area contributed by atoms with E-state index in [0.29, 0.717) is 22.4 Å². The summed E-state index contributed by atoms with van der Waals surface area (Å²) in [5.41, 5.74) is 1.62. The first-order valence-electron chi connectivity index (χ1n) is 7.77. The summed E-state index contributed by atoms with van der Waals surface area (Å²) in [7, 11) is -4.14. The van der Waals surface area contributed by atoms with Crippen LogP contribution in [-0.4, -0.2) is 28.6 Å². The van der Waals surface area contributed by atoms with Crippen molar-refractivity contribution >= 4 is 62.5 Å². The molecule has 0 amide bonds. The maximum Gasteiger partial charge on any atom is 0.263 e. The van der Waals surface area contributed by atoms with Gasteiger partial charge in [-0.1, -0.05) is 29.3 Å². The van der Waals surface area contributed by atoms with Crippen LogP contribution in [0.3, 0.4) is 0 Å². The third-order valence-corrected chi connectivity index (χ3v) is 5.93. The number of hydrogen-bond donors (Lipinski definition) is 2. The molecule has 150 valence electrons. The Hall–Kier alpha value is -2.46. The van der Waals surface area contributed by atoms with Crippen LogP contribution in [-0.2, 0) is 10.0 Å². The van der Waals surface area contributed by atoms with E-state index in [4.69, 9.17) is 23.2 Å². The first-order chi connectivity index (χ1) is 13.3. The van der Waals surface area contributed by atoms with Crippen molar-refractivity contribution in [2.45, 2.75) is 4.90 Å². The molecular weight excluding hydrogens is 464 g/mol. The second-order valence-electron chi connectivity index (χ2n) is 5.73. The Labute approximate surface area is 180 Å². The number of rotatable bonds is 4. The highest BCUT2D eigenvalue weighted by molar-refractivity contribution is 7.92. The Morgan fingerprint density at radius 1 is 1.07 bits per heavy atom. The number of aromatic amines is 1. The van der Waals surface area contributed by atoms with Gasteiger partial charge in [0.25, 0.3) is 10.0 Å². The van der Waals surface area contributed by atoms with E-state index in [9.17, 15) is 12.8 Å². The zero-order valence-electron chi connectivity index (χ0n) is 14.2. The van der Waals surface area contributed by atoms with E-state index in [1.807, 2.05) is 0 Å². The van der Waals surface area contributed by atoms with Crippen molar-refractivity contribution in [2.75, 3.05) is 4.72 Å². The third kappa shape index (κ3) is 4.27. The van der Waals surface area contributed by atoms with Crippen LogP contribution in [0.5, 0.6) is 0 Å². The minimum atomic E-state index is -4.14. The SMILES string of the molecule is Cl.O=S(=O)(Nc1ccc(-c2cnc3cn[nH]c3n2)cc1F)c1cc(Cl)ccc1Cl. The fourth-order valence-corrected chi connectivity index (χ4v) is 4.34. The topological polar surface area (TPSA) is 101 Å². The molecule has 4 rings (SSSR count). The van der Waals surface area contributed by atoms with Gasteiger partial charge >= 0.3 is 0 Å². The Bertz CT molecular complexity index is 1310. The number of H-pyrrole nitrogens is 1. The lowest BCUT2D eigenvalue weighted by molar-refractivity contribution is 0.598. The first kappa shape index (κ1) is 21.3. The van der Waals surface area contributed by atoms with E-state index in [1.165, 1.54) is 42.7 Å². The van der Waals surface area contributed by atoms with Crippen LogP contribution in [0.2, 0.25) is 10.0 Å². The fourth-order valence-electron chi connectivity index (χ4n) is 2.51. The number of nitrogens with one attached hydrogen (secondary N) is 2. The summed E-state index contributed by atoms with van der Waals surface area (Å²) in [4.78, 5) is 8.22. The minimum absolute atomic E-state index is 0. The molecule has 0 aliphatic heterocycles. The smallest absolute Gasteiger partial charge is 0.263 e. The summed E-state index contributed by atoms with van der Waals surface area (Å²) in [6, 6.07) is 7.96. The lowest BCUT2D eigenvalue weighted by Gasteiger charge is -2.11. The molecule has 4 aromatic rings. The second-order valence-corrected chi connectivity index (χ2v) is 8.23. The molecule has 29 heavy (non-hydrogen) atoms. The second kappa shape index (κ2) is 8.11. The zero-order valence-corrected chi connectivity index (χ0v) is 17.4. The average Bonchev–Trinajstić information content (AvgIpc) is 3.13. The van der Waals surface area contributed by atoms with Crippen LogP contribution in [0.4, 0.5) is 10.1 Å². The van der Waals surface area contributed by atoms with Crippen LogP contribution < -0.4 is 4.72 Å². The maximum absolute atomic E-state index is 14.6. The zero-order chi connectivity index (χ0) is 19.9. The van der Waals surface area contributed by atoms with Gasteiger partial charge in [-0.2, -0.15) is 5.10 Å². The molecule has 2 aromatic heterocycles. The summed E-state index contributed by atoms with van der Waals surface area (Å²) in [6.07, 6.45) is 2.99. The van der Waals surface area contributed by atoms with E-state index in [1.54, 1.807) is 0 Å². The summed E-state index contributed by atoms with van der Waals surface area (Å²) >= 11 is 11.8. The average molecular weight is 475 g/mol. The molecule has 0 aliphatic rings. The highest BCUT2D eigenvalue weighted by atomic mass is 35.5. The van der Waals surface area contributed by atoms with E-state index in [2.05, 4.69) is 24.9 Å². The molecule has 0 spiro atoms. The van der Waals surface area contributed by atoms with Crippen molar-refractivity contribution in [2.24, 2.45) is 0 Å². The number of fused-ring (bicyclic) bond motifs is 1. The summed E-state index contributed by atoms with van der Waals surface area (Å²) in [5.74, 6) is -0.786. The van der Waals surface area contributed by atoms with E-state index >= 15 is 0 Å². The molecule has 0 atom stereocenters. The van der Waals surface area contributed by atoms with Gasteiger partial charge in [0.2, 0.25) is 0 Å². The molecule has 2 aromatic carbocycles. The van der Waals surface area contributed by atoms with Crippen LogP contribution in [0.15, 0.2) is 53.7 Å². The van der Waals surface area contributed by atoms with E-state index in [0.717, 1.165) is 6.07 Å². The Morgan fingerprint density at radius 2 is 1.86 bits per heavy atom. The van der Waals surface area contributed by atoms with Crippen molar-refractivity contribution in [1.29, 1.82) is 0 Å². The molecule has 2 N–H and O–H groups in total. The molecule has 0 saturated heterocycles. The van der Waals surface area contributed by atoms with Crippen molar-refractivity contribution in [3.63, 3.8) is 0 Å². The predicted molar refractivity (Wildman–Crippen MR) is 112 cm³/mol. The normalized spacial score (nSPS) is 11.3. The van der Waals surface area contributed by atoms with Crippen molar-refractivity contribution < 1.29 is 12.8 Å². The summed E-state index contributed by atoms with van der Waals surface area (Å²) < 4.78 is 41.8. The van der Waals surface area contributed by atoms with Gasteiger partial charge in [0.1, 0.15) is 16.2 Å². The van der Waals surface area contributed by atoms with Gasteiger partial charge in [-0.3, -0.25) is 9.82 Å². The number of hydrogen-bond acceptors (Lipinski definition) is 5. The van der Waals surface area contributed by atoms with Crippen molar-refractivity contribution in [3.05, 3.63) is 64.7 Å². The number of sulfonamides is 1. The Kier molecular flexibility index (Phi) is 5.95. The number of halogens is 4. The van der Waals surface area contributed by atoms with Gasteiger partial charge in [0.05, 0.1) is 28.8 Å². The van der Waals surface area contributed by atoms with Crippen molar-refractivity contribution in [3.8, 4) is 11.3 Å². The molecule has 7 nitrogen and oxygen atoms in total. The number of benzene rings is 2. The lowest BCUT2D eigenvalue weighted by atomic mass is 10.1. The van der Waals surface area contributed by atoms with Crippen LogP contribution >= 0.6 is 35.6 Å². The fraction of sp³-hybridized carbons (Fsp3) is 0. The van der Waals surface area contributed by atoms with Crippen molar-refractivity contribution in [1.82, 2.24) is 20.2 Å². The number of aromatic nitrogens is 4. The van der Waals surface area contributed by atoms with E-state index < -0.39 is 15.8 Å². The molecule has 0 unspecified atom stereocenters. The first-order valence-corrected chi connectivity index (χ1v) is 10.0. The van der Waals surface area contributed by atoms with Crippen LogP contribution in [0, 0.1) is 5.82 Å². The number of nitrogens with zero attached hydrogens (tertiary/aromatic N) is 3. The maximum atomic E-state index is 14.6. The van der Waals surface area contributed by atoms with Gasteiger partial charge < -0.3 is 0 Å². The molecular formula is C17H11Cl3FN5O2S. The van der Waals surface area contributed by atoms with Crippen LogP contribution in [0.1, 0.15) is 0 Å². The Balaban J connectivity index is 0.00000240. The minimum Gasteiger partial charge on any atom is -0.277 e. The molecule has 0 saturated carbocycles. The van der Waals surface area contributed by atoms with E-state index in [-0.39, 0.29) is 33.0 Å². The van der Waals surface area contributed by atoms with Crippen LogP contribution in [0.25, 0.3) is 22.4 Å². The van der Waals surface area contributed by atoms with Gasteiger partial charge in [0, 0.05) is 10.6 Å². The lowest BCUT2D eigenvalue weighted by Crippen LogP contribution is -2.14. The molecule has 2 heterocycles. The molecule has 0 fully saturated rings. The largest absolute Gasteiger partial charge is 0.277 e.